The summed E-state index contributed by atoms with van der Waals surface area (Å²) in [6.07, 6.45) is 8.27. The average molecular weight is 323 g/mol. The summed E-state index contributed by atoms with van der Waals surface area (Å²) in [4.78, 5) is 7.13. The summed E-state index contributed by atoms with van der Waals surface area (Å²) < 4.78 is 5.62. The molecule has 0 amide bonds. The monoisotopic (exact) mass is 323 g/mol. The molecule has 0 aromatic heterocycles. The molecule has 2 atom stereocenters. The highest BCUT2D eigenvalue weighted by molar-refractivity contribution is 5.80. The van der Waals surface area contributed by atoms with Gasteiger partial charge in [0.1, 0.15) is 0 Å². The summed E-state index contributed by atoms with van der Waals surface area (Å²) in [6, 6.07) is 0. The van der Waals surface area contributed by atoms with Gasteiger partial charge in [0.05, 0.1) is 19.3 Å². The number of aliphatic hydroxyl groups is 1. The predicted octanol–water partition coefficient (Wildman–Crippen LogP) is 2.01. The lowest BCUT2D eigenvalue weighted by Crippen LogP contribution is -2.42. The van der Waals surface area contributed by atoms with Gasteiger partial charge in [0, 0.05) is 31.7 Å². The molecule has 5 nitrogen and oxygen atoms in total. The number of aliphatic hydroxyl groups excluding tert-OH is 1. The first kappa shape index (κ1) is 17.0. The summed E-state index contributed by atoms with van der Waals surface area (Å²) in [5.41, 5.74) is 0.345. The van der Waals surface area contributed by atoms with Crippen LogP contribution in [0.1, 0.15) is 51.9 Å². The van der Waals surface area contributed by atoms with Crippen molar-refractivity contribution < 1.29 is 9.84 Å². The van der Waals surface area contributed by atoms with Crippen molar-refractivity contribution >= 4 is 5.96 Å². The SMILES string of the molecule is CCNC(=NCC(O)C1CCCCC1)N1CCC2(CCOC2)C1. The van der Waals surface area contributed by atoms with Gasteiger partial charge in [-0.3, -0.25) is 4.99 Å². The molecule has 1 saturated carbocycles. The Bertz CT molecular complexity index is 401. The lowest BCUT2D eigenvalue weighted by molar-refractivity contribution is 0.0921. The third-order valence-corrected chi connectivity index (χ3v) is 5.88. The van der Waals surface area contributed by atoms with E-state index in [-0.39, 0.29) is 6.10 Å². The van der Waals surface area contributed by atoms with Crippen LogP contribution in [0.4, 0.5) is 0 Å². The van der Waals surface area contributed by atoms with Gasteiger partial charge in [0.15, 0.2) is 5.96 Å². The highest BCUT2D eigenvalue weighted by atomic mass is 16.5. The second kappa shape index (κ2) is 7.84. The molecule has 2 heterocycles. The molecule has 2 N–H and O–H groups in total. The van der Waals surface area contributed by atoms with Gasteiger partial charge in [0.25, 0.3) is 0 Å². The van der Waals surface area contributed by atoms with Crippen LogP contribution in [0.5, 0.6) is 0 Å². The number of likely N-dealkylation sites (tertiary alicyclic amines) is 1. The number of nitrogens with one attached hydrogen (secondary N) is 1. The van der Waals surface area contributed by atoms with Gasteiger partial charge in [-0.2, -0.15) is 0 Å². The fourth-order valence-corrected chi connectivity index (χ4v) is 4.36. The fourth-order valence-electron chi connectivity index (χ4n) is 4.36. The van der Waals surface area contributed by atoms with E-state index in [1.54, 1.807) is 0 Å². The highest BCUT2D eigenvalue weighted by Crippen LogP contribution is 2.38. The van der Waals surface area contributed by atoms with E-state index in [0.717, 1.165) is 51.6 Å². The van der Waals surface area contributed by atoms with E-state index >= 15 is 0 Å². The molecule has 23 heavy (non-hydrogen) atoms. The number of ether oxygens (including phenoxy) is 1. The smallest absolute Gasteiger partial charge is 0.194 e. The van der Waals surface area contributed by atoms with Crippen molar-refractivity contribution in [1.82, 2.24) is 10.2 Å². The summed E-state index contributed by atoms with van der Waals surface area (Å²) in [7, 11) is 0. The van der Waals surface area contributed by atoms with Crippen LogP contribution in [0, 0.1) is 11.3 Å². The Morgan fingerprint density at radius 1 is 1.35 bits per heavy atom. The molecular weight excluding hydrogens is 290 g/mol. The van der Waals surface area contributed by atoms with Crippen LogP contribution >= 0.6 is 0 Å². The number of nitrogens with zero attached hydrogens (tertiary/aromatic N) is 2. The minimum absolute atomic E-state index is 0.282. The summed E-state index contributed by atoms with van der Waals surface area (Å²) in [6.45, 7) is 7.41. The molecule has 2 unspecified atom stereocenters. The van der Waals surface area contributed by atoms with Crippen molar-refractivity contribution in [3.63, 3.8) is 0 Å². The van der Waals surface area contributed by atoms with E-state index in [1.165, 1.54) is 32.1 Å². The molecule has 3 aliphatic rings. The standard InChI is InChI=1S/C18H33N3O2/c1-2-19-17(20-12-16(22)15-6-4-3-5-7-15)21-10-8-18(13-21)9-11-23-14-18/h15-16,22H,2-14H2,1H3,(H,19,20). The van der Waals surface area contributed by atoms with E-state index in [9.17, 15) is 5.11 Å². The number of rotatable bonds is 4. The van der Waals surface area contributed by atoms with Gasteiger partial charge in [-0.25, -0.2) is 0 Å². The van der Waals surface area contributed by atoms with Gasteiger partial charge < -0.3 is 20.1 Å². The molecule has 132 valence electrons. The zero-order valence-corrected chi connectivity index (χ0v) is 14.6. The maximum atomic E-state index is 10.5. The Hall–Kier alpha value is -0.810. The van der Waals surface area contributed by atoms with E-state index in [0.29, 0.717) is 17.9 Å². The summed E-state index contributed by atoms with van der Waals surface area (Å²) in [5, 5.41) is 13.9. The zero-order valence-electron chi connectivity index (χ0n) is 14.6. The Morgan fingerprint density at radius 2 is 2.17 bits per heavy atom. The highest BCUT2D eigenvalue weighted by Gasteiger charge is 2.42. The minimum Gasteiger partial charge on any atom is -0.391 e. The van der Waals surface area contributed by atoms with Crippen LogP contribution in [-0.4, -0.2) is 61.5 Å². The Labute approximate surface area is 140 Å². The van der Waals surface area contributed by atoms with E-state index < -0.39 is 0 Å². The van der Waals surface area contributed by atoms with E-state index in [4.69, 9.17) is 9.73 Å². The van der Waals surface area contributed by atoms with Gasteiger partial charge in [-0.15, -0.1) is 0 Å². The van der Waals surface area contributed by atoms with Crippen LogP contribution < -0.4 is 5.32 Å². The maximum Gasteiger partial charge on any atom is 0.194 e. The molecule has 2 aliphatic heterocycles. The molecule has 5 heteroatoms. The van der Waals surface area contributed by atoms with Crippen molar-refractivity contribution in [2.24, 2.45) is 16.3 Å². The van der Waals surface area contributed by atoms with E-state index in [1.807, 2.05) is 0 Å². The van der Waals surface area contributed by atoms with Crippen LogP contribution in [0.2, 0.25) is 0 Å². The fraction of sp³-hybridized carbons (Fsp3) is 0.944. The molecule has 0 aromatic carbocycles. The second-order valence-electron chi connectivity index (χ2n) is 7.63. The molecule has 0 bridgehead atoms. The van der Waals surface area contributed by atoms with E-state index in [2.05, 4.69) is 17.1 Å². The predicted molar refractivity (Wildman–Crippen MR) is 92.6 cm³/mol. The van der Waals surface area contributed by atoms with Crippen LogP contribution in [0.25, 0.3) is 0 Å². The number of hydrogen-bond donors (Lipinski definition) is 2. The topological polar surface area (TPSA) is 57.1 Å². The van der Waals surface area contributed by atoms with Crippen molar-refractivity contribution in [1.29, 1.82) is 0 Å². The average Bonchev–Trinajstić information content (AvgIpc) is 3.22. The zero-order chi connectivity index (χ0) is 16.1. The van der Waals surface area contributed by atoms with Crippen molar-refractivity contribution in [2.45, 2.75) is 58.0 Å². The third kappa shape index (κ3) is 4.18. The largest absolute Gasteiger partial charge is 0.391 e. The first-order valence-corrected chi connectivity index (χ1v) is 9.51. The molecule has 3 fully saturated rings. The van der Waals surface area contributed by atoms with Crippen LogP contribution in [0.3, 0.4) is 0 Å². The van der Waals surface area contributed by atoms with Crippen molar-refractivity contribution in [2.75, 3.05) is 39.4 Å². The Kier molecular flexibility index (Phi) is 5.81. The summed E-state index contributed by atoms with van der Waals surface area (Å²) in [5.74, 6) is 1.43. The van der Waals surface area contributed by atoms with Gasteiger partial charge in [-0.1, -0.05) is 19.3 Å². The van der Waals surface area contributed by atoms with Crippen molar-refractivity contribution in [3.05, 3.63) is 0 Å². The molecule has 0 radical (unpaired) electrons. The second-order valence-corrected chi connectivity index (χ2v) is 7.63. The van der Waals surface area contributed by atoms with Gasteiger partial charge in [0.2, 0.25) is 0 Å². The first-order valence-electron chi connectivity index (χ1n) is 9.51. The van der Waals surface area contributed by atoms with Gasteiger partial charge in [-0.05, 0) is 38.5 Å². The lowest BCUT2D eigenvalue weighted by atomic mass is 9.85. The number of hydrogen-bond acceptors (Lipinski definition) is 3. The third-order valence-electron chi connectivity index (χ3n) is 5.88. The van der Waals surface area contributed by atoms with Crippen LogP contribution in [-0.2, 0) is 4.74 Å². The maximum absolute atomic E-state index is 10.5. The number of guanidine groups is 1. The quantitative estimate of drug-likeness (QED) is 0.614. The Morgan fingerprint density at radius 3 is 2.87 bits per heavy atom. The first-order chi connectivity index (χ1) is 11.2. The Balaban J connectivity index is 1.57. The van der Waals surface area contributed by atoms with Crippen molar-refractivity contribution in [3.8, 4) is 0 Å². The molecule has 0 aromatic rings. The molecule has 1 aliphatic carbocycles. The van der Waals surface area contributed by atoms with Crippen LogP contribution in [0.15, 0.2) is 4.99 Å². The molecular formula is C18H33N3O2. The lowest BCUT2D eigenvalue weighted by Gasteiger charge is -2.27. The van der Waals surface area contributed by atoms with Gasteiger partial charge >= 0.3 is 0 Å². The minimum atomic E-state index is -0.282. The normalized spacial score (nSPS) is 31.0. The molecule has 3 rings (SSSR count). The molecule has 2 saturated heterocycles. The molecule has 1 spiro atoms. The summed E-state index contributed by atoms with van der Waals surface area (Å²) >= 11 is 0. The number of aliphatic imine (C=N–C) groups is 1.